The minimum Gasteiger partial charge on any atom is -0.456 e. The number of esters is 1. The third-order valence-corrected chi connectivity index (χ3v) is 4.89. The molecule has 0 fully saturated rings. The number of nitriles is 1. The second-order valence-corrected chi connectivity index (χ2v) is 7.01. The largest absolute Gasteiger partial charge is 0.456 e. The van der Waals surface area contributed by atoms with Gasteiger partial charge in [-0.05, 0) is 67.1 Å². The molecule has 1 aliphatic carbocycles. The van der Waals surface area contributed by atoms with Crippen LogP contribution in [0, 0.1) is 11.3 Å². The fourth-order valence-corrected chi connectivity index (χ4v) is 3.31. The highest BCUT2D eigenvalue weighted by Crippen LogP contribution is 2.23. The zero-order valence-electron chi connectivity index (χ0n) is 16.1. The molecule has 6 heteroatoms. The van der Waals surface area contributed by atoms with Crippen LogP contribution >= 0.6 is 0 Å². The van der Waals surface area contributed by atoms with E-state index in [1.807, 2.05) is 24.3 Å². The number of nitrogens with one attached hydrogen (secondary N) is 1. The molecule has 0 heterocycles. The van der Waals surface area contributed by atoms with Crippen molar-refractivity contribution in [2.45, 2.75) is 38.5 Å². The lowest BCUT2D eigenvalue weighted by atomic mass is 9.89. The summed E-state index contributed by atoms with van der Waals surface area (Å²) in [7, 11) is 0. The number of carbonyl (C=O) groups excluding carboxylic acids is 3. The van der Waals surface area contributed by atoms with Crippen molar-refractivity contribution in [1.82, 2.24) is 0 Å². The summed E-state index contributed by atoms with van der Waals surface area (Å²) in [6, 6.07) is 14.1. The molecule has 0 unspecified atom stereocenters. The van der Waals surface area contributed by atoms with Gasteiger partial charge in [-0.3, -0.25) is 14.4 Å². The van der Waals surface area contributed by atoms with Gasteiger partial charge in [0.15, 0.2) is 12.4 Å². The Morgan fingerprint density at radius 3 is 2.41 bits per heavy atom. The molecule has 0 saturated heterocycles. The van der Waals surface area contributed by atoms with Gasteiger partial charge in [-0.1, -0.05) is 12.1 Å². The topological polar surface area (TPSA) is 96.3 Å². The van der Waals surface area contributed by atoms with Gasteiger partial charge in [0.05, 0.1) is 18.1 Å². The molecule has 2 aromatic rings. The lowest BCUT2D eigenvalue weighted by Gasteiger charge is -2.16. The fourth-order valence-electron chi connectivity index (χ4n) is 3.31. The van der Waals surface area contributed by atoms with Gasteiger partial charge in [-0.15, -0.1) is 0 Å². The molecule has 0 atom stereocenters. The summed E-state index contributed by atoms with van der Waals surface area (Å²) in [5.74, 6) is -1.17. The summed E-state index contributed by atoms with van der Waals surface area (Å²) in [4.78, 5) is 36.1. The number of aryl methyl sites for hydroxylation is 2. The van der Waals surface area contributed by atoms with Crippen LogP contribution in [0.4, 0.5) is 5.69 Å². The van der Waals surface area contributed by atoms with Crippen molar-refractivity contribution < 1.29 is 19.1 Å². The fraction of sp³-hybridized carbons (Fsp3) is 0.304. The molecule has 2 aromatic carbocycles. The number of hydrogen-bond acceptors (Lipinski definition) is 5. The second kappa shape index (κ2) is 9.65. The lowest BCUT2D eigenvalue weighted by Crippen LogP contribution is -2.21. The van der Waals surface area contributed by atoms with Crippen molar-refractivity contribution >= 4 is 23.3 Å². The Bertz CT molecular complexity index is 958. The molecule has 0 radical (unpaired) electrons. The molecule has 0 aliphatic heterocycles. The van der Waals surface area contributed by atoms with E-state index in [2.05, 4.69) is 5.32 Å². The predicted molar refractivity (Wildman–Crippen MR) is 107 cm³/mol. The Kier molecular flexibility index (Phi) is 6.75. The quantitative estimate of drug-likeness (QED) is 0.576. The Labute approximate surface area is 169 Å². The van der Waals surface area contributed by atoms with Gasteiger partial charge >= 0.3 is 5.97 Å². The normalized spacial score (nSPS) is 12.4. The van der Waals surface area contributed by atoms with Crippen LogP contribution in [0.3, 0.4) is 0 Å². The van der Waals surface area contributed by atoms with Crippen molar-refractivity contribution in [2.24, 2.45) is 0 Å². The third-order valence-electron chi connectivity index (χ3n) is 4.89. The van der Waals surface area contributed by atoms with E-state index in [9.17, 15) is 14.4 Å². The van der Waals surface area contributed by atoms with Crippen LogP contribution in [0.1, 0.15) is 52.7 Å². The number of ketones is 1. The zero-order chi connectivity index (χ0) is 20.6. The molecule has 0 spiro atoms. The maximum atomic E-state index is 12.4. The smallest absolute Gasteiger partial charge is 0.306 e. The molecule has 0 bridgehead atoms. The van der Waals surface area contributed by atoms with Crippen LogP contribution in [-0.4, -0.2) is 24.3 Å². The molecule has 0 saturated carbocycles. The van der Waals surface area contributed by atoms with E-state index in [-0.39, 0.29) is 18.6 Å². The first-order valence-corrected chi connectivity index (χ1v) is 9.66. The van der Waals surface area contributed by atoms with Gasteiger partial charge in [0.2, 0.25) is 0 Å². The van der Waals surface area contributed by atoms with Gasteiger partial charge < -0.3 is 10.1 Å². The average molecular weight is 390 g/mol. The standard InChI is InChI=1S/C23H22N2O4/c24-14-16-5-9-20(10-6-16)25-22(27)15-29-23(28)12-11-21(26)19-8-7-17-3-1-2-4-18(17)13-19/h5-10,13H,1-4,11-12,15H2,(H,25,27). The van der Waals surface area contributed by atoms with Crippen LogP contribution in [0.2, 0.25) is 0 Å². The first kappa shape index (κ1) is 20.3. The number of hydrogen-bond donors (Lipinski definition) is 1. The van der Waals surface area contributed by atoms with Crippen LogP contribution in [0.15, 0.2) is 42.5 Å². The number of ether oxygens (including phenoxy) is 1. The third kappa shape index (κ3) is 5.76. The zero-order valence-corrected chi connectivity index (χ0v) is 16.1. The number of anilines is 1. The Morgan fingerprint density at radius 2 is 1.69 bits per heavy atom. The van der Waals surface area contributed by atoms with Gasteiger partial charge in [0.1, 0.15) is 0 Å². The summed E-state index contributed by atoms with van der Waals surface area (Å²) in [5, 5.41) is 11.3. The number of benzene rings is 2. The van der Waals surface area contributed by atoms with Crippen molar-refractivity contribution in [2.75, 3.05) is 11.9 Å². The summed E-state index contributed by atoms with van der Waals surface area (Å²) in [5.41, 5.74) is 4.15. The van der Waals surface area contributed by atoms with Crippen LogP contribution in [0.5, 0.6) is 0 Å². The highest BCUT2D eigenvalue weighted by molar-refractivity contribution is 5.98. The molecule has 1 aliphatic rings. The van der Waals surface area contributed by atoms with E-state index in [0.717, 1.165) is 19.3 Å². The van der Waals surface area contributed by atoms with Crippen LogP contribution in [0.25, 0.3) is 0 Å². The molecule has 1 N–H and O–H groups in total. The van der Waals surface area contributed by atoms with E-state index in [1.54, 1.807) is 24.3 Å². The number of carbonyl (C=O) groups is 3. The van der Waals surface area contributed by atoms with Crippen molar-refractivity contribution in [3.8, 4) is 6.07 Å². The average Bonchev–Trinajstić information content (AvgIpc) is 2.76. The Hall–Kier alpha value is -3.46. The monoisotopic (exact) mass is 390 g/mol. The van der Waals surface area contributed by atoms with Gasteiger partial charge in [0, 0.05) is 17.7 Å². The van der Waals surface area contributed by atoms with Gasteiger partial charge in [-0.25, -0.2) is 0 Å². The molecule has 29 heavy (non-hydrogen) atoms. The second-order valence-electron chi connectivity index (χ2n) is 7.01. The molecule has 0 aromatic heterocycles. The van der Waals surface area contributed by atoms with Gasteiger partial charge in [0.25, 0.3) is 5.91 Å². The van der Waals surface area contributed by atoms with Crippen molar-refractivity contribution in [3.63, 3.8) is 0 Å². The van der Waals surface area contributed by atoms with Crippen molar-refractivity contribution in [3.05, 3.63) is 64.7 Å². The van der Waals surface area contributed by atoms with E-state index >= 15 is 0 Å². The first-order chi connectivity index (χ1) is 14.0. The van der Waals surface area contributed by atoms with E-state index in [1.165, 1.54) is 17.5 Å². The molecule has 148 valence electrons. The molecule has 6 nitrogen and oxygen atoms in total. The lowest BCUT2D eigenvalue weighted by molar-refractivity contribution is -0.147. The SMILES string of the molecule is N#Cc1ccc(NC(=O)COC(=O)CCC(=O)c2ccc3c(c2)CCCC3)cc1. The van der Waals surface area contributed by atoms with E-state index in [4.69, 9.17) is 10.00 Å². The molecule has 1 amide bonds. The first-order valence-electron chi connectivity index (χ1n) is 9.66. The summed E-state index contributed by atoms with van der Waals surface area (Å²) >= 11 is 0. The molecular weight excluding hydrogens is 368 g/mol. The highest BCUT2D eigenvalue weighted by atomic mass is 16.5. The van der Waals surface area contributed by atoms with Crippen LogP contribution in [-0.2, 0) is 27.2 Å². The minimum absolute atomic E-state index is 0.0505. The highest BCUT2D eigenvalue weighted by Gasteiger charge is 2.15. The number of Topliss-reactive ketones (excluding diaryl/α,β-unsaturated/α-hetero) is 1. The Balaban J connectivity index is 1.41. The number of fused-ring (bicyclic) bond motifs is 1. The maximum Gasteiger partial charge on any atom is 0.306 e. The van der Waals surface area contributed by atoms with Gasteiger partial charge in [-0.2, -0.15) is 5.26 Å². The summed E-state index contributed by atoms with van der Waals surface area (Å²) in [6.07, 6.45) is 4.36. The van der Waals surface area contributed by atoms with E-state index < -0.39 is 18.5 Å². The minimum atomic E-state index is -0.591. The number of nitrogens with zero attached hydrogens (tertiary/aromatic N) is 1. The van der Waals surface area contributed by atoms with Crippen LogP contribution < -0.4 is 5.32 Å². The number of rotatable bonds is 7. The maximum absolute atomic E-state index is 12.4. The predicted octanol–water partition coefficient (Wildman–Crippen LogP) is 3.58. The molecular formula is C23H22N2O4. The summed E-state index contributed by atoms with van der Waals surface area (Å²) in [6.45, 7) is -0.425. The Morgan fingerprint density at radius 1 is 0.966 bits per heavy atom. The number of amides is 1. The summed E-state index contributed by atoms with van der Waals surface area (Å²) < 4.78 is 4.94. The molecule has 3 rings (SSSR count). The van der Waals surface area contributed by atoms with Crippen molar-refractivity contribution in [1.29, 1.82) is 5.26 Å². The van der Waals surface area contributed by atoms with E-state index in [0.29, 0.717) is 16.8 Å².